The summed E-state index contributed by atoms with van der Waals surface area (Å²) >= 11 is 1.17. The van der Waals surface area contributed by atoms with Gasteiger partial charge in [-0.1, -0.05) is 11.2 Å². The minimum absolute atomic E-state index is 0.101. The average Bonchev–Trinajstić information content (AvgIpc) is 3.42. The first-order chi connectivity index (χ1) is 15.0. The maximum absolute atomic E-state index is 13.7. The van der Waals surface area contributed by atoms with E-state index in [1.807, 2.05) is 0 Å². The van der Waals surface area contributed by atoms with Crippen LogP contribution in [-0.2, 0) is 6.54 Å². The van der Waals surface area contributed by atoms with E-state index in [-0.39, 0.29) is 23.9 Å². The molecule has 154 valence electrons. The Labute approximate surface area is 176 Å². The van der Waals surface area contributed by atoms with Crippen LogP contribution in [0.1, 0.15) is 5.89 Å². The van der Waals surface area contributed by atoms with Crippen molar-refractivity contribution in [2.75, 3.05) is 0 Å². The Morgan fingerprint density at radius 2 is 1.81 bits per heavy atom. The summed E-state index contributed by atoms with van der Waals surface area (Å²) in [7, 11) is 0. The van der Waals surface area contributed by atoms with Crippen LogP contribution < -0.4 is 11.2 Å². The summed E-state index contributed by atoms with van der Waals surface area (Å²) in [6.07, 6.45) is 0. The van der Waals surface area contributed by atoms with Gasteiger partial charge < -0.3 is 4.52 Å². The highest BCUT2D eigenvalue weighted by atomic mass is 32.1. The van der Waals surface area contributed by atoms with Gasteiger partial charge in [-0.25, -0.2) is 18.1 Å². The van der Waals surface area contributed by atoms with Crippen molar-refractivity contribution in [3.05, 3.63) is 98.3 Å². The number of halogens is 2. The smallest absolute Gasteiger partial charge is 0.336 e. The first kappa shape index (κ1) is 19.1. The molecular formula is C21H12F2N4O3S. The van der Waals surface area contributed by atoms with Gasteiger partial charge in [0.15, 0.2) is 0 Å². The Morgan fingerprint density at radius 1 is 1.00 bits per heavy atom. The van der Waals surface area contributed by atoms with Crippen molar-refractivity contribution < 1.29 is 13.3 Å². The summed E-state index contributed by atoms with van der Waals surface area (Å²) in [6, 6.07) is 12.5. The highest BCUT2D eigenvalue weighted by molar-refractivity contribution is 7.17. The number of rotatable bonds is 4. The molecule has 0 aliphatic carbocycles. The first-order valence-electron chi connectivity index (χ1n) is 9.09. The fraction of sp³-hybridized carbons (Fsp3) is 0.0476. The predicted molar refractivity (Wildman–Crippen MR) is 110 cm³/mol. The Bertz CT molecular complexity index is 1530. The van der Waals surface area contributed by atoms with Gasteiger partial charge in [0.25, 0.3) is 5.56 Å². The van der Waals surface area contributed by atoms with Crippen molar-refractivity contribution in [1.29, 1.82) is 0 Å². The van der Waals surface area contributed by atoms with Gasteiger partial charge in [0.05, 0.1) is 11.2 Å². The number of hydrogen-bond donors (Lipinski definition) is 0. The quantitative estimate of drug-likeness (QED) is 0.428. The van der Waals surface area contributed by atoms with Crippen molar-refractivity contribution in [2.24, 2.45) is 0 Å². The van der Waals surface area contributed by atoms with Crippen LogP contribution in [0.25, 0.3) is 27.3 Å². The van der Waals surface area contributed by atoms with Crippen LogP contribution >= 0.6 is 11.3 Å². The van der Waals surface area contributed by atoms with Crippen LogP contribution in [0.4, 0.5) is 8.78 Å². The summed E-state index contributed by atoms with van der Waals surface area (Å²) in [5.74, 6) is -0.595. The Hall–Kier alpha value is -3.92. The number of benzene rings is 2. The van der Waals surface area contributed by atoms with Crippen LogP contribution in [0, 0.1) is 11.6 Å². The van der Waals surface area contributed by atoms with Crippen LogP contribution in [0.3, 0.4) is 0 Å². The zero-order chi connectivity index (χ0) is 21.5. The summed E-state index contributed by atoms with van der Waals surface area (Å²) < 4.78 is 34.7. The number of hydrogen-bond acceptors (Lipinski definition) is 6. The molecule has 0 atom stereocenters. The first-order valence-corrected chi connectivity index (χ1v) is 9.97. The third-order valence-corrected chi connectivity index (χ3v) is 5.58. The van der Waals surface area contributed by atoms with Gasteiger partial charge >= 0.3 is 5.69 Å². The van der Waals surface area contributed by atoms with Gasteiger partial charge in [-0.05, 0) is 53.9 Å². The van der Waals surface area contributed by atoms with E-state index >= 15 is 0 Å². The molecule has 0 fully saturated rings. The molecule has 0 aliphatic heterocycles. The predicted octanol–water partition coefficient (Wildman–Crippen LogP) is 3.59. The monoisotopic (exact) mass is 438 g/mol. The van der Waals surface area contributed by atoms with Crippen molar-refractivity contribution in [1.82, 2.24) is 19.3 Å². The molecule has 0 spiro atoms. The summed E-state index contributed by atoms with van der Waals surface area (Å²) in [5.41, 5.74) is -0.114. The van der Waals surface area contributed by atoms with Gasteiger partial charge in [0.2, 0.25) is 11.7 Å². The van der Waals surface area contributed by atoms with Crippen molar-refractivity contribution in [2.45, 2.75) is 6.54 Å². The fourth-order valence-corrected chi connectivity index (χ4v) is 4.08. The number of fused-ring (bicyclic) bond motifs is 1. The second-order valence-corrected chi connectivity index (χ2v) is 7.56. The van der Waals surface area contributed by atoms with Crippen molar-refractivity contribution >= 4 is 21.6 Å². The highest BCUT2D eigenvalue weighted by Gasteiger charge is 2.18. The zero-order valence-electron chi connectivity index (χ0n) is 15.7. The summed E-state index contributed by atoms with van der Waals surface area (Å²) in [5, 5.41) is 5.57. The lowest BCUT2D eigenvalue weighted by Gasteiger charge is -2.10. The topological polar surface area (TPSA) is 82.9 Å². The molecule has 3 aromatic heterocycles. The molecule has 0 saturated heterocycles. The maximum Gasteiger partial charge on any atom is 0.336 e. The maximum atomic E-state index is 13.7. The van der Waals surface area contributed by atoms with Crippen LogP contribution in [-0.4, -0.2) is 19.3 Å². The van der Waals surface area contributed by atoms with E-state index in [0.29, 0.717) is 15.8 Å². The zero-order valence-corrected chi connectivity index (χ0v) is 16.5. The summed E-state index contributed by atoms with van der Waals surface area (Å²) in [6.45, 7) is -0.101. The molecule has 0 unspecified atom stereocenters. The number of thiophene rings is 1. The van der Waals surface area contributed by atoms with Crippen LogP contribution in [0.2, 0.25) is 0 Å². The Morgan fingerprint density at radius 3 is 2.58 bits per heavy atom. The molecule has 0 radical (unpaired) electrons. The molecule has 5 aromatic rings. The van der Waals surface area contributed by atoms with Crippen LogP contribution in [0.15, 0.2) is 74.1 Å². The average molecular weight is 438 g/mol. The molecule has 0 bridgehead atoms. The standard InChI is InChI=1S/C21H12F2N4O3S/c22-13-6-4-12(5-7-13)19-24-17(30-25-19)11-26-16-8-9-31-18(16)20(28)27(21(26)29)15-3-1-2-14(23)10-15/h1-10H,11H2. The molecule has 7 nitrogen and oxygen atoms in total. The molecule has 0 N–H and O–H groups in total. The third-order valence-electron chi connectivity index (χ3n) is 4.69. The van der Waals surface area contributed by atoms with Gasteiger partial charge in [-0.2, -0.15) is 4.98 Å². The van der Waals surface area contributed by atoms with Crippen molar-refractivity contribution in [3.63, 3.8) is 0 Å². The highest BCUT2D eigenvalue weighted by Crippen LogP contribution is 2.19. The van der Waals surface area contributed by atoms with Crippen molar-refractivity contribution in [3.8, 4) is 17.1 Å². The number of aromatic nitrogens is 4. The van der Waals surface area contributed by atoms with E-state index in [1.54, 1.807) is 11.4 Å². The normalized spacial score (nSPS) is 11.3. The van der Waals surface area contributed by atoms with E-state index < -0.39 is 22.9 Å². The molecule has 0 aliphatic rings. The minimum Gasteiger partial charge on any atom is -0.337 e. The largest absolute Gasteiger partial charge is 0.337 e. The minimum atomic E-state index is -0.664. The van der Waals surface area contributed by atoms with Crippen LogP contribution in [0.5, 0.6) is 0 Å². The molecule has 31 heavy (non-hydrogen) atoms. The van der Waals surface area contributed by atoms with E-state index in [4.69, 9.17) is 4.52 Å². The van der Waals surface area contributed by atoms with Gasteiger partial charge in [0.1, 0.15) is 22.9 Å². The van der Waals surface area contributed by atoms with E-state index in [2.05, 4.69) is 10.1 Å². The Kier molecular flexibility index (Phi) is 4.55. The van der Waals surface area contributed by atoms with E-state index in [1.165, 1.54) is 58.4 Å². The van der Waals surface area contributed by atoms with E-state index in [0.717, 1.165) is 10.6 Å². The van der Waals surface area contributed by atoms with Gasteiger partial charge in [0, 0.05) is 5.56 Å². The third kappa shape index (κ3) is 3.36. The Balaban J connectivity index is 1.63. The molecule has 3 heterocycles. The van der Waals surface area contributed by atoms with Gasteiger partial charge in [-0.3, -0.25) is 9.36 Å². The van der Waals surface area contributed by atoms with E-state index in [9.17, 15) is 18.4 Å². The molecule has 0 saturated carbocycles. The fourth-order valence-electron chi connectivity index (χ4n) is 3.25. The molecule has 2 aromatic carbocycles. The lowest BCUT2D eigenvalue weighted by molar-refractivity contribution is 0.370. The van der Waals surface area contributed by atoms with Gasteiger partial charge in [-0.15, -0.1) is 11.3 Å². The lowest BCUT2D eigenvalue weighted by Crippen LogP contribution is -2.38. The lowest BCUT2D eigenvalue weighted by atomic mass is 10.2. The molecular weight excluding hydrogens is 426 g/mol. The SMILES string of the molecule is O=c1c2sccc2n(Cc2nc(-c3ccc(F)cc3)no2)c(=O)n1-c1cccc(F)c1. The summed E-state index contributed by atoms with van der Waals surface area (Å²) in [4.78, 5) is 30.4. The second-order valence-electron chi connectivity index (χ2n) is 6.64. The number of nitrogens with zero attached hydrogens (tertiary/aromatic N) is 4. The molecule has 0 amide bonds. The molecule has 10 heteroatoms. The molecule has 5 rings (SSSR count). The second kappa shape index (κ2) is 7.40.